The van der Waals surface area contributed by atoms with Gasteiger partial charge in [0, 0.05) is 22.6 Å². The molecule has 1 aliphatic rings. The van der Waals surface area contributed by atoms with Crippen LogP contribution in [-0.2, 0) is 4.79 Å². The molecular weight excluding hydrogens is 314 g/mol. The molecule has 2 rings (SSSR count). The van der Waals surface area contributed by atoms with Gasteiger partial charge in [-0.3, -0.25) is 4.79 Å². The Morgan fingerprint density at radius 2 is 2.16 bits per heavy atom. The number of methoxy groups -OCH3 is 2. The second-order valence-electron chi connectivity index (χ2n) is 4.46. The number of benzene rings is 1. The molecule has 2 unspecified atom stereocenters. The van der Waals surface area contributed by atoms with Crippen LogP contribution in [0.25, 0.3) is 0 Å². The second kappa shape index (κ2) is 5.79. The molecule has 2 N–H and O–H groups in total. The van der Waals surface area contributed by atoms with E-state index in [0.29, 0.717) is 24.5 Å². The van der Waals surface area contributed by atoms with E-state index in [4.69, 9.17) is 14.6 Å². The Morgan fingerprint density at radius 3 is 2.68 bits per heavy atom. The average molecular weight is 330 g/mol. The smallest absolute Gasteiger partial charge is 0.307 e. The van der Waals surface area contributed by atoms with Crippen molar-refractivity contribution >= 4 is 21.9 Å². The first-order valence-electron chi connectivity index (χ1n) is 5.94. The van der Waals surface area contributed by atoms with E-state index in [-0.39, 0.29) is 12.0 Å². The molecule has 6 heteroatoms. The van der Waals surface area contributed by atoms with Crippen molar-refractivity contribution in [1.29, 1.82) is 0 Å². The Bertz CT molecular complexity index is 492. The predicted molar refractivity (Wildman–Crippen MR) is 73.7 cm³/mol. The summed E-state index contributed by atoms with van der Waals surface area (Å²) in [5.41, 5.74) is 0.914. The SMILES string of the molecule is COc1cc(Br)cc(C2CC(C(=O)O)CN2)c1OC. The number of carboxylic acid groups (broad SMARTS) is 1. The third kappa shape index (κ3) is 2.84. The quantitative estimate of drug-likeness (QED) is 0.886. The van der Waals surface area contributed by atoms with E-state index in [1.165, 1.54) is 0 Å². The van der Waals surface area contributed by atoms with Crippen molar-refractivity contribution in [2.45, 2.75) is 12.5 Å². The van der Waals surface area contributed by atoms with E-state index in [1.807, 2.05) is 12.1 Å². The highest BCUT2D eigenvalue weighted by Crippen LogP contribution is 2.41. The van der Waals surface area contributed by atoms with E-state index < -0.39 is 5.97 Å². The van der Waals surface area contributed by atoms with Crippen molar-refractivity contribution < 1.29 is 19.4 Å². The number of ether oxygens (including phenoxy) is 2. The Balaban J connectivity index is 2.34. The van der Waals surface area contributed by atoms with Crippen LogP contribution in [0.5, 0.6) is 11.5 Å². The molecule has 0 aliphatic carbocycles. The van der Waals surface area contributed by atoms with Gasteiger partial charge in [0.15, 0.2) is 11.5 Å². The van der Waals surface area contributed by atoms with Crippen LogP contribution in [0.2, 0.25) is 0 Å². The summed E-state index contributed by atoms with van der Waals surface area (Å²) in [5, 5.41) is 12.3. The van der Waals surface area contributed by atoms with Crippen molar-refractivity contribution in [3.05, 3.63) is 22.2 Å². The molecule has 0 spiro atoms. The number of carbonyl (C=O) groups is 1. The Labute approximate surface area is 120 Å². The topological polar surface area (TPSA) is 67.8 Å². The Morgan fingerprint density at radius 1 is 1.42 bits per heavy atom. The zero-order valence-corrected chi connectivity index (χ0v) is 12.4. The van der Waals surface area contributed by atoms with Gasteiger partial charge in [0.1, 0.15) is 0 Å². The number of rotatable bonds is 4. The third-order valence-electron chi connectivity index (χ3n) is 3.33. The number of aliphatic carboxylic acids is 1. The van der Waals surface area contributed by atoms with Gasteiger partial charge in [0.2, 0.25) is 0 Å². The molecule has 1 saturated heterocycles. The van der Waals surface area contributed by atoms with Gasteiger partial charge >= 0.3 is 5.97 Å². The van der Waals surface area contributed by atoms with Gasteiger partial charge in [0.25, 0.3) is 0 Å². The van der Waals surface area contributed by atoms with Gasteiger partial charge in [-0.15, -0.1) is 0 Å². The van der Waals surface area contributed by atoms with Gasteiger partial charge < -0.3 is 19.9 Å². The summed E-state index contributed by atoms with van der Waals surface area (Å²) in [5.74, 6) is 0.150. The van der Waals surface area contributed by atoms with Gasteiger partial charge in [0.05, 0.1) is 20.1 Å². The Hall–Kier alpha value is -1.27. The second-order valence-corrected chi connectivity index (χ2v) is 5.38. The first kappa shape index (κ1) is 14.1. The Kier molecular flexibility index (Phi) is 4.31. The zero-order valence-electron chi connectivity index (χ0n) is 10.8. The van der Waals surface area contributed by atoms with Crippen molar-refractivity contribution in [3.63, 3.8) is 0 Å². The van der Waals surface area contributed by atoms with Crippen LogP contribution in [0, 0.1) is 5.92 Å². The number of carboxylic acids is 1. The normalized spacial score (nSPS) is 22.3. The molecule has 0 amide bonds. The molecule has 2 atom stereocenters. The van der Waals surface area contributed by atoms with Crippen LogP contribution in [0.15, 0.2) is 16.6 Å². The molecule has 104 valence electrons. The third-order valence-corrected chi connectivity index (χ3v) is 3.79. The van der Waals surface area contributed by atoms with Gasteiger partial charge in [-0.2, -0.15) is 0 Å². The fraction of sp³-hybridized carbons (Fsp3) is 0.462. The van der Waals surface area contributed by atoms with Crippen LogP contribution in [-0.4, -0.2) is 31.8 Å². The maximum absolute atomic E-state index is 11.0. The lowest BCUT2D eigenvalue weighted by Crippen LogP contribution is -2.17. The highest BCUT2D eigenvalue weighted by molar-refractivity contribution is 9.10. The number of nitrogens with one attached hydrogen (secondary N) is 1. The number of hydrogen-bond donors (Lipinski definition) is 2. The van der Waals surface area contributed by atoms with E-state index >= 15 is 0 Å². The minimum atomic E-state index is -0.768. The summed E-state index contributed by atoms with van der Waals surface area (Å²) in [6, 6.07) is 3.72. The molecule has 0 radical (unpaired) electrons. The van der Waals surface area contributed by atoms with E-state index in [1.54, 1.807) is 14.2 Å². The fourth-order valence-electron chi connectivity index (χ4n) is 2.38. The summed E-state index contributed by atoms with van der Waals surface area (Å²) < 4.78 is 11.6. The predicted octanol–water partition coefficient (Wildman–Crippen LogP) is 2.20. The van der Waals surface area contributed by atoms with E-state index in [9.17, 15) is 4.79 Å². The summed E-state index contributed by atoms with van der Waals surface area (Å²) in [4.78, 5) is 11.0. The van der Waals surface area contributed by atoms with Gasteiger partial charge in [-0.25, -0.2) is 0 Å². The molecule has 0 aromatic heterocycles. The molecule has 1 aromatic carbocycles. The molecule has 1 heterocycles. The van der Waals surface area contributed by atoms with Crippen LogP contribution in [0.1, 0.15) is 18.0 Å². The van der Waals surface area contributed by atoms with Crippen LogP contribution >= 0.6 is 15.9 Å². The molecule has 0 saturated carbocycles. The van der Waals surface area contributed by atoms with Crippen LogP contribution in [0.3, 0.4) is 0 Å². The van der Waals surface area contributed by atoms with Crippen LogP contribution < -0.4 is 14.8 Å². The first-order chi connectivity index (χ1) is 9.06. The maximum Gasteiger partial charge on any atom is 0.307 e. The van der Waals surface area contributed by atoms with Crippen molar-refractivity contribution in [3.8, 4) is 11.5 Å². The summed E-state index contributed by atoms with van der Waals surface area (Å²) in [6.07, 6.45) is 0.547. The molecule has 5 nitrogen and oxygen atoms in total. The number of halogens is 1. The largest absolute Gasteiger partial charge is 0.493 e. The van der Waals surface area contributed by atoms with Gasteiger partial charge in [-0.05, 0) is 18.6 Å². The minimum Gasteiger partial charge on any atom is -0.493 e. The average Bonchev–Trinajstić information content (AvgIpc) is 2.87. The lowest BCUT2D eigenvalue weighted by atomic mass is 9.99. The summed E-state index contributed by atoms with van der Waals surface area (Å²) >= 11 is 3.43. The van der Waals surface area contributed by atoms with Crippen molar-refractivity contribution in [2.75, 3.05) is 20.8 Å². The molecule has 19 heavy (non-hydrogen) atoms. The fourth-order valence-corrected chi connectivity index (χ4v) is 2.83. The first-order valence-corrected chi connectivity index (χ1v) is 6.73. The lowest BCUT2D eigenvalue weighted by molar-refractivity contribution is -0.141. The molecule has 1 aliphatic heterocycles. The minimum absolute atomic E-state index is 0.0394. The molecular formula is C13H16BrNO4. The zero-order chi connectivity index (χ0) is 14.0. The van der Waals surface area contributed by atoms with E-state index in [2.05, 4.69) is 21.2 Å². The summed E-state index contributed by atoms with van der Waals surface area (Å²) in [7, 11) is 3.16. The van der Waals surface area contributed by atoms with Crippen LogP contribution in [0.4, 0.5) is 0 Å². The maximum atomic E-state index is 11.0. The molecule has 0 bridgehead atoms. The molecule has 1 aromatic rings. The van der Waals surface area contributed by atoms with Crippen molar-refractivity contribution in [1.82, 2.24) is 5.32 Å². The monoisotopic (exact) mass is 329 g/mol. The summed E-state index contributed by atoms with van der Waals surface area (Å²) in [6.45, 7) is 0.470. The molecule has 1 fully saturated rings. The van der Waals surface area contributed by atoms with Crippen molar-refractivity contribution in [2.24, 2.45) is 5.92 Å². The van der Waals surface area contributed by atoms with Gasteiger partial charge in [-0.1, -0.05) is 15.9 Å². The standard InChI is InChI=1S/C13H16BrNO4/c1-18-11-5-8(14)4-9(12(11)19-2)10-3-7(6-15-10)13(16)17/h4-5,7,10,15H,3,6H2,1-2H3,(H,16,17). The lowest BCUT2D eigenvalue weighted by Gasteiger charge is -2.18. The highest BCUT2D eigenvalue weighted by Gasteiger charge is 2.32. The highest BCUT2D eigenvalue weighted by atomic mass is 79.9. The van der Waals surface area contributed by atoms with E-state index in [0.717, 1.165) is 10.0 Å². The number of hydrogen-bond acceptors (Lipinski definition) is 4.